The van der Waals surface area contributed by atoms with Crippen molar-refractivity contribution in [1.29, 1.82) is 0 Å². The minimum absolute atomic E-state index is 0.292. The van der Waals surface area contributed by atoms with E-state index in [0.29, 0.717) is 29.1 Å². The smallest absolute Gasteiger partial charge is 0.264 e. The summed E-state index contributed by atoms with van der Waals surface area (Å²) in [7, 11) is -3.52. The molecule has 1 fully saturated rings. The lowest BCUT2D eigenvalue weighted by Gasteiger charge is -2.05. The van der Waals surface area contributed by atoms with E-state index in [4.69, 9.17) is 5.73 Å². The Morgan fingerprint density at radius 1 is 1.42 bits per heavy atom. The Hall–Kier alpha value is -1.67. The number of nitrogens with two attached hydrogens (primary N) is 1. The predicted molar refractivity (Wildman–Crippen MR) is 73.4 cm³/mol. The zero-order valence-electron chi connectivity index (χ0n) is 9.79. The van der Waals surface area contributed by atoms with Crippen LogP contribution in [0, 0.1) is 0 Å². The van der Waals surface area contributed by atoms with Crippen LogP contribution in [-0.2, 0) is 10.0 Å². The summed E-state index contributed by atoms with van der Waals surface area (Å²) in [6.07, 6.45) is 1.24. The Morgan fingerprint density at radius 2 is 2.16 bits per heavy atom. The molecule has 19 heavy (non-hydrogen) atoms. The molecule has 0 unspecified atom stereocenters. The van der Waals surface area contributed by atoms with E-state index >= 15 is 0 Å². The van der Waals surface area contributed by atoms with Crippen LogP contribution in [0.25, 0.3) is 10.2 Å². The Kier molecular flexibility index (Phi) is 2.72. The van der Waals surface area contributed by atoms with Crippen LogP contribution in [0.4, 0.5) is 5.13 Å². The Labute approximate surface area is 113 Å². The highest BCUT2D eigenvalue weighted by Gasteiger charge is 2.36. The summed E-state index contributed by atoms with van der Waals surface area (Å²) < 4.78 is 26.2. The van der Waals surface area contributed by atoms with Gasteiger partial charge in [-0.05, 0) is 31.0 Å². The molecule has 1 aliphatic carbocycles. The maximum absolute atomic E-state index is 11.9. The quantitative estimate of drug-likeness (QED) is 0.883. The molecule has 0 bridgehead atoms. The van der Waals surface area contributed by atoms with Crippen molar-refractivity contribution in [2.45, 2.75) is 18.1 Å². The number of sulfonamides is 1. The minimum Gasteiger partial charge on any atom is -0.375 e. The fraction of sp³-hybridized carbons (Fsp3) is 0.273. The maximum atomic E-state index is 11.9. The van der Waals surface area contributed by atoms with E-state index in [-0.39, 0.29) is 0 Å². The average molecular weight is 297 g/mol. The number of carbonyl (C=O) groups is 1. The second kappa shape index (κ2) is 4.17. The third-order valence-electron chi connectivity index (χ3n) is 2.87. The molecular weight excluding hydrogens is 286 g/mol. The molecule has 3 rings (SSSR count). The molecule has 0 spiro atoms. The van der Waals surface area contributed by atoms with Gasteiger partial charge < -0.3 is 5.73 Å². The van der Waals surface area contributed by atoms with Crippen molar-refractivity contribution in [2.75, 3.05) is 5.73 Å². The first-order chi connectivity index (χ1) is 8.95. The van der Waals surface area contributed by atoms with Crippen LogP contribution < -0.4 is 10.5 Å². The Morgan fingerprint density at radius 3 is 2.84 bits per heavy atom. The predicted octanol–water partition coefficient (Wildman–Crippen LogP) is 1.10. The largest absolute Gasteiger partial charge is 0.375 e. The van der Waals surface area contributed by atoms with E-state index < -0.39 is 21.2 Å². The zero-order valence-corrected chi connectivity index (χ0v) is 11.4. The second-order valence-corrected chi connectivity index (χ2v) is 7.43. The van der Waals surface area contributed by atoms with Gasteiger partial charge in [0.05, 0.1) is 15.5 Å². The van der Waals surface area contributed by atoms with Gasteiger partial charge in [0.25, 0.3) is 5.91 Å². The van der Waals surface area contributed by atoms with Gasteiger partial charge in [0.2, 0.25) is 10.0 Å². The van der Waals surface area contributed by atoms with Crippen LogP contribution in [0.2, 0.25) is 0 Å². The van der Waals surface area contributed by atoms with Crippen molar-refractivity contribution < 1.29 is 13.2 Å². The lowest BCUT2D eigenvalue weighted by atomic mass is 10.2. The first kappa shape index (κ1) is 12.4. The molecule has 0 radical (unpaired) electrons. The number of fused-ring (bicyclic) bond motifs is 1. The van der Waals surface area contributed by atoms with Gasteiger partial charge in [-0.15, -0.1) is 0 Å². The first-order valence-electron chi connectivity index (χ1n) is 5.68. The number of nitrogens with one attached hydrogen (secondary N) is 1. The van der Waals surface area contributed by atoms with Gasteiger partial charge in [0.1, 0.15) is 0 Å². The molecule has 3 N–H and O–H groups in total. The number of nitrogens with zero attached hydrogens (tertiary/aromatic N) is 1. The molecule has 1 amide bonds. The van der Waals surface area contributed by atoms with E-state index in [9.17, 15) is 13.2 Å². The number of hydrogen-bond acceptors (Lipinski definition) is 6. The van der Waals surface area contributed by atoms with Crippen molar-refractivity contribution in [2.24, 2.45) is 0 Å². The highest BCUT2D eigenvalue weighted by atomic mass is 32.2. The third kappa shape index (κ3) is 2.41. The highest BCUT2D eigenvalue weighted by Crippen LogP contribution is 2.28. The molecule has 1 aliphatic rings. The van der Waals surface area contributed by atoms with Crippen molar-refractivity contribution in [3.05, 3.63) is 23.8 Å². The number of aromatic nitrogens is 1. The fourth-order valence-electron chi connectivity index (χ4n) is 1.73. The average Bonchev–Trinajstić information content (AvgIpc) is 3.10. The number of anilines is 1. The Bertz CT molecular complexity index is 763. The van der Waals surface area contributed by atoms with E-state index in [1.165, 1.54) is 11.3 Å². The highest BCUT2D eigenvalue weighted by molar-refractivity contribution is 7.91. The number of amides is 1. The lowest BCUT2D eigenvalue weighted by molar-refractivity contribution is 0.0981. The summed E-state index contributed by atoms with van der Waals surface area (Å²) in [5.41, 5.74) is 6.57. The van der Waals surface area contributed by atoms with Crippen molar-refractivity contribution in [3.8, 4) is 0 Å². The maximum Gasteiger partial charge on any atom is 0.264 e. The molecule has 1 heterocycles. The molecule has 0 saturated heterocycles. The van der Waals surface area contributed by atoms with Gasteiger partial charge in [-0.3, -0.25) is 4.79 Å². The zero-order chi connectivity index (χ0) is 13.6. The van der Waals surface area contributed by atoms with Crippen LogP contribution in [0.5, 0.6) is 0 Å². The van der Waals surface area contributed by atoms with E-state index in [2.05, 4.69) is 9.71 Å². The molecule has 0 aliphatic heterocycles. The number of hydrogen-bond donors (Lipinski definition) is 2. The topological polar surface area (TPSA) is 102 Å². The van der Waals surface area contributed by atoms with Crippen LogP contribution in [0.3, 0.4) is 0 Å². The van der Waals surface area contributed by atoms with Gasteiger partial charge >= 0.3 is 0 Å². The van der Waals surface area contributed by atoms with Crippen molar-refractivity contribution in [3.63, 3.8) is 0 Å². The SMILES string of the molecule is Nc1nc2ccc(C(=O)NS(=O)(=O)C3CC3)cc2s1. The van der Waals surface area contributed by atoms with Gasteiger partial charge in [0, 0.05) is 5.56 Å². The molecule has 6 nitrogen and oxygen atoms in total. The molecule has 1 aromatic heterocycles. The Balaban J connectivity index is 1.88. The van der Waals surface area contributed by atoms with E-state index in [1.807, 2.05) is 0 Å². The summed E-state index contributed by atoms with van der Waals surface area (Å²) in [5.74, 6) is -0.610. The number of benzene rings is 1. The van der Waals surface area contributed by atoms with Gasteiger partial charge in [-0.25, -0.2) is 18.1 Å². The molecule has 1 aromatic carbocycles. The normalized spacial score (nSPS) is 15.6. The van der Waals surface area contributed by atoms with Gasteiger partial charge in [0.15, 0.2) is 5.13 Å². The molecule has 8 heteroatoms. The van der Waals surface area contributed by atoms with E-state index in [0.717, 1.165) is 4.70 Å². The molecule has 1 saturated carbocycles. The summed E-state index contributed by atoms with van der Waals surface area (Å²) in [6, 6.07) is 4.79. The van der Waals surface area contributed by atoms with Crippen molar-refractivity contribution in [1.82, 2.24) is 9.71 Å². The summed E-state index contributed by atoms with van der Waals surface area (Å²) in [4.78, 5) is 16.0. The second-order valence-electron chi connectivity index (χ2n) is 4.41. The molecule has 0 atom stereocenters. The summed E-state index contributed by atoms with van der Waals surface area (Å²) >= 11 is 1.26. The van der Waals surface area contributed by atoms with Crippen LogP contribution >= 0.6 is 11.3 Å². The molecule has 100 valence electrons. The minimum atomic E-state index is -3.52. The number of nitrogen functional groups attached to an aromatic ring is 1. The fourth-order valence-corrected chi connectivity index (χ4v) is 3.81. The van der Waals surface area contributed by atoms with Crippen LogP contribution in [-0.4, -0.2) is 24.6 Å². The summed E-state index contributed by atoms with van der Waals surface area (Å²) in [5, 5.41) is -0.00242. The monoisotopic (exact) mass is 297 g/mol. The van der Waals surface area contributed by atoms with Crippen molar-refractivity contribution >= 4 is 42.6 Å². The van der Waals surface area contributed by atoms with Crippen LogP contribution in [0.1, 0.15) is 23.2 Å². The van der Waals surface area contributed by atoms with Gasteiger partial charge in [-0.1, -0.05) is 11.3 Å². The molecular formula is C11H11N3O3S2. The lowest BCUT2D eigenvalue weighted by Crippen LogP contribution is -2.33. The van der Waals surface area contributed by atoms with Gasteiger partial charge in [-0.2, -0.15) is 0 Å². The number of thiazole rings is 1. The third-order valence-corrected chi connectivity index (χ3v) is 5.53. The van der Waals surface area contributed by atoms with Crippen LogP contribution in [0.15, 0.2) is 18.2 Å². The first-order valence-corrected chi connectivity index (χ1v) is 8.04. The molecule has 2 aromatic rings. The number of carbonyl (C=O) groups excluding carboxylic acids is 1. The van der Waals surface area contributed by atoms with E-state index in [1.54, 1.807) is 18.2 Å². The standard InChI is InChI=1S/C11H11N3O3S2/c12-11-13-8-4-1-6(5-9(8)18-11)10(15)14-19(16,17)7-2-3-7/h1,4-5,7H,2-3H2,(H2,12,13)(H,14,15). The summed E-state index contributed by atoms with van der Waals surface area (Å²) in [6.45, 7) is 0. The number of rotatable bonds is 3.